The van der Waals surface area contributed by atoms with Crippen LogP contribution in [0.15, 0.2) is 102 Å². The van der Waals surface area contributed by atoms with Gasteiger partial charge < -0.3 is 15.2 Å². The molecule has 1 heterocycles. The number of fused-ring (bicyclic) bond motifs is 1. The van der Waals surface area contributed by atoms with Crippen molar-refractivity contribution in [3.05, 3.63) is 114 Å². The van der Waals surface area contributed by atoms with E-state index in [4.69, 9.17) is 0 Å². The molecule has 4 aromatic carbocycles. The fourth-order valence-corrected chi connectivity index (χ4v) is 4.64. The Balaban J connectivity index is 1.30. The second kappa shape index (κ2) is 11.0. The fourth-order valence-electron chi connectivity index (χ4n) is 3.88. The molecule has 0 saturated heterocycles. The van der Waals surface area contributed by atoms with Crippen LogP contribution >= 0.6 is 11.8 Å². The fraction of sp³-hybridized carbons (Fsp3) is 0.107. The highest BCUT2D eigenvalue weighted by Crippen LogP contribution is 2.24. The number of thioether (sulfide) groups is 1. The van der Waals surface area contributed by atoms with E-state index < -0.39 is 0 Å². The lowest BCUT2D eigenvalue weighted by Crippen LogP contribution is -2.15. The van der Waals surface area contributed by atoms with Crippen molar-refractivity contribution < 1.29 is 9.18 Å². The van der Waals surface area contributed by atoms with Crippen LogP contribution in [0.25, 0.3) is 10.8 Å². The first-order valence-electron chi connectivity index (χ1n) is 11.5. The summed E-state index contributed by atoms with van der Waals surface area (Å²) in [5.74, 6) is 0.520. The molecule has 0 spiro atoms. The van der Waals surface area contributed by atoms with Crippen molar-refractivity contribution in [2.75, 3.05) is 16.4 Å². The standard InChI is InChI=1S/C28H24FN5OS/c29-22-13-15-23(16-14-22)30-17-26-32-33-28(34(26)18-20-7-2-1-3-8-20)36-19-27(35)31-25-12-6-10-21-9-4-5-11-24(21)25/h1-16,30H,17-19H2,(H,31,35). The zero-order valence-corrected chi connectivity index (χ0v) is 20.2. The maximum Gasteiger partial charge on any atom is 0.234 e. The summed E-state index contributed by atoms with van der Waals surface area (Å²) in [5, 5.41) is 17.7. The van der Waals surface area contributed by atoms with Gasteiger partial charge in [0.1, 0.15) is 5.82 Å². The molecule has 180 valence electrons. The molecule has 6 nitrogen and oxygen atoms in total. The third-order valence-electron chi connectivity index (χ3n) is 5.67. The molecule has 8 heteroatoms. The van der Waals surface area contributed by atoms with E-state index in [0.29, 0.717) is 18.2 Å². The Kier molecular flexibility index (Phi) is 7.23. The molecule has 0 saturated carbocycles. The Morgan fingerprint density at radius 2 is 1.61 bits per heavy atom. The summed E-state index contributed by atoms with van der Waals surface area (Å²) in [6.07, 6.45) is 0. The van der Waals surface area contributed by atoms with Crippen molar-refractivity contribution >= 4 is 39.8 Å². The third-order valence-corrected chi connectivity index (χ3v) is 6.63. The number of hydrogen-bond donors (Lipinski definition) is 2. The topological polar surface area (TPSA) is 71.8 Å². The zero-order valence-electron chi connectivity index (χ0n) is 19.4. The molecule has 0 fully saturated rings. The van der Waals surface area contributed by atoms with Gasteiger partial charge in [0, 0.05) is 16.8 Å². The minimum absolute atomic E-state index is 0.114. The van der Waals surface area contributed by atoms with Crippen LogP contribution in [0.5, 0.6) is 0 Å². The molecule has 1 amide bonds. The number of amides is 1. The number of halogens is 1. The number of nitrogens with one attached hydrogen (secondary N) is 2. The van der Waals surface area contributed by atoms with Gasteiger partial charge in [-0.1, -0.05) is 78.5 Å². The van der Waals surface area contributed by atoms with E-state index in [1.54, 1.807) is 12.1 Å². The largest absolute Gasteiger partial charge is 0.378 e. The maximum atomic E-state index is 13.2. The molecule has 0 atom stereocenters. The Hall–Kier alpha value is -4.17. The van der Waals surface area contributed by atoms with Crippen molar-refractivity contribution in [2.45, 2.75) is 18.2 Å². The lowest BCUT2D eigenvalue weighted by atomic mass is 10.1. The van der Waals surface area contributed by atoms with Crippen LogP contribution in [0.1, 0.15) is 11.4 Å². The molecular weight excluding hydrogens is 473 g/mol. The zero-order chi connectivity index (χ0) is 24.7. The highest BCUT2D eigenvalue weighted by molar-refractivity contribution is 7.99. The number of benzene rings is 4. The molecule has 0 aliphatic carbocycles. The number of hydrogen-bond acceptors (Lipinski definition) is 5. The summed E-state index contributed by atoms with van der Waals surface area (Å²) >= 11 is 1.34. The average Bonchev–Trinajstić information content (AvgIpc) is 3.29. The molecule has 0 bridgehead atoms. The number of carbonyl (C=O) groups is 1. The smallest absolute Gasteiger partial charge is 0.234 e. The van der Waals surface area contributed by atoms with Crippen LogP contribution in [0, 0.1) is 5.82 Å². The van der Waals surface area contributed by atoms with Crippen LogP contribution in [0.3, 0.4) is 0 Å². The number of carbonyl (C=O) groups excluding carboxylic acids is 1. The van der Waals surface area contributed by atoms with Crippen molar-refractivity contribution in [2.24, 2.45) is 0 Å². The lowest BCUT2D eigenvalue weighted by molar-refractivity contribution is -0.113. The molecule has 0 unspecified atom stereocenters. The number of rotatable bonds is 9. The second-order valence-electron chi connectivity index (χ2n) is 8.19. The Morgan fingerprint density at radius 3 is 2.44 bits per heavy atom. The van der Waals surface area contributed by atoms with Crippen molar-refractivity contribution in [1.29, 1.82) is 0 Å². The van der Waals surface area contributed by atoms with Gasteiger partial charge in [0.2, 0.25) is 5.91 Å². The summed E-state index contributed by atoms with van der Waals surface area (Å²) in [7, 11) is 0. The van der Waals surface area contributed by atoms with Crippen molar-refractivity contribution in [3.8, 4) is 0 Å². The summed E-state index contributed by atoms with van der Waals surface area (Å²) in [6.45, 7) is 0.982. The van der Waals surface area contributed by atoms with E-state index in [0.717, 1.165) is 33.5 Å². The van der Waals surface area contributed by atoms with Crippen molar-refractivity contribution in [3.63, 3.8) is 0 Å². The maximum absolute atomic E-state index is 13.2. The van der Waals surface area contributed by atoms with Gasteiger partial charge in [-0.05, 0) is 41.3 Å². The Bertz CT molecular complexity index is 1470. The molecule has 36 heavy (non-hydrogen) atoms. The van der Waals surface area contributed by atoms with E-state index in [-0.39, 0.29) is 17.5 Å². The normalized spacial score (nSPS) is 10.9. The molecular formula is C28H24FN5OS. The summed E-state index contributed by atoms with van der Waals surface area (Å²) < 4.78 is 15.2. The van der Waals surface area contributed by atoms with Crippen LogP contribution in [-0.4, -0.2) is 26.4 Å². The minimum atomic E-state index is -0.284. The predicted octanol–water partition coefficient (Wildman–Crippen LogP) is 5.96. The van der Waals surface area contributed by atoms with E-state index >= 15 is 0 Å². The van der Waals surface area contributed by atoms with Crippen LogP contribution in [-0.2, 0) is 17.9 Å². The first-order valence-corrected chi connectivity index (χ1v) is 12.5. The first kappa shape index (κ1) is 23.6. The van der Waals surface area contributed by atoms with Crippen LogP contribution in [0.4, 0.5) is 15.8 Å². The number of anilines is 2. The summed E-state index contributed by atoms with van der Waals surface area (Å²) in [6, 6.07) is 30.0. The van der Waals surface area contributed by atoms with Gasteiger partial charge in [-0.3, -0.25) is 4.79 Å². The highest BCUT2D eigenvalue weighted by Gasteiger charge is 2.15. The van der Waals surface area contributed by atoms with Crippen LogP contribution < -0.4 is 10.6 Å². The molecule has 1 aromatic heterocycles. The van der Waals surface area contributed by atoms with Crippen molar-refractivity contribution in [1.82, 2.24) is 14.8 Å². The van der Waals surface area contributed by atoms with Gasteiger partial charge in [0.25, 0.3) is 0 Å². The van der Waals surface area contributed by atoms with Gasteiger partial charge in [-0.2, -0.15) is 0 Å². The van der Waals surface area contributed by atoms with E-state index in [2.05, 4.69) is 20.8 Å². The number of nitrogens with zero attached hydrogens (tertiary/aromatic N) is 3. The molecule has 2 N–H and O–H groups in total. The predicted molar refractivity (Wildman–Crippen MR) is 143 cm³/mol. The van der Waals surface area contributed by atoms with E-state index in [1.165, 1.54) is 23.9 Å². The second-order valence-corrected chi connectivity index (χ2v) is 9.14. The lowest BCUT2D eigenvalue weighted by Gasteiger charge is -2.12. The van der Waals surface area contributed by atoms with Gasteiger partial charge in [0.05, 0.1) is 18.8 Å². The van der Waals surface area contributed by atoms with Crippen LogP contribution in [0.2, 0.25) is 0 Å². The molecule has 5 aromatic rings. The quantitative estimate of drug-likeness (QED) is 0.246. The molecule has 0 radical (unpaired) electrons. The SMILES string of the molecule is O=C(CSc1nnc(CNc2ccc(F)cc2)n1Cc1ccccc1)Nc1cccc2ccccc12. The Labute approximate surface area is 212 Å². The van der Waals surface area contributed by atoms with E-state index in [9.17, 15) is 9.18 Å². The summed E-state index contributed by atoms with van der Waals surface area (Å²) in [5.41, 5.74) is 2.67. The average molecular weight is 498 g/mol. The van der Waals surface area contributed by atoms with Gasteiger partial charge >= 0.3 is 0 Å². The first-order chi connectivity index (χ1) is 17.7. The minimum Gasteiger partial charge on any atom is -0.378 e. The van der Waals surface area contributed by atoms with E-state index in [1.807, 2.05) is 77.4 Å². The molecule has 5 rings (SSSR count). The van der Waals surface area contributed by atoms with Gasteiger partial charge in [-0.15, -0.1) is 10.2 Å². The van der Waals surface area contributed by atoms with Gasteiger partial charge in [-0.25, -0.2) is 4.39 Å². The highest BCUT2D eigenvalue weighted by atomic mass is 32.2. The summed E-state index contributed by atoms with van der Waals surface area (Å²) in [4.78, 5) is 12.8. The number of aromatic nitrogens is 3. The Morgan fingerprint density at radius 1 is 0.861 bits per heavy atom. The third kappa shape index (κ3) is 5.72. The molecule has 0 aliphatic rings. The monoisotopic (exact) mass is 497 g/mol. The van der Waals surface area contributed by atoms with Gasteiger partial charge in [0.15, 0.2) is 11.0 Å². The molecule has 0 aliphatic heterocycles.